The average molecular weight is 338 g/mol. The van der Waals surface area contributed by atoms with E-state index in [4.69, 9.17) is 30.6 Å². The topological polar surface area (TPSA) is 190 Å². The van der Waals surface area contributed by atoms with Gasteiger partial charge in [0.1, 0.15) is 0 Å². The summed E-state index contributed by atoms with van der Waals surface area (Å²) in [6.07, 6.45) is 2.63. The highest BCUT2D eigenvalue weighted by Gasteiger charge is 1.99. The van der Waals surface area contributed by atoms with Crippen molar-refractivity contribution in [2.45, 2.75) is 32.1 Å². The van der Waals surface area contributed by atoms with Crippen LogP contribution in [0.15, 0.2) is 12.2 Å². The summed E-state index contributed by atoms with van der Waals surface area (Å²) in [7, 11) is 0. The highest BCUT2D eigenvalue weighted by atomic mass is 16.4. The first kappa shape index (κ1) is 25.5. The van der Waals surface area contributed by atoms with Crippen LogP contribution in [0.4, 0.5) is 0 Å². The van der Waals surface area contributed by atoms with E-state index in [-0.39, 0.29) is 26.1 Å². The Bertz CT molecular complexity index is 341. The number of aliphatic hydroxyl groups is 2. The molecule has 0 bridgehead atoms. The summed E-state index contributed by atoms with van der Waals surface area (Å²) in [5.41, 5.74) is 0. The van der Waals surface area contributed by atoms with Crippen LogP contribution in [0.25, 0.3) is 0 Å². The molecule has 10 heteroatoms. The van der Waals surface area contributed by atoms with Crippen LogP contribution in [0.1, 0.15) is 32.1 Å². The third-order valence-electron chi connectivity index (χ3n) is 1.72. The summed E-state index contributed by atoms with van der Waals surface area (Å²) in [6.45, 7) is 0.188. The lowest BCUT2D eigenvalue weighted by molar-refractivity contribution is -0.139. The zero-order chi connectivity index (χ0) is 18.7. The van der Waals surface area contributed by atoms with Gasteiger partial charge in [-0.15, -0.1) is 0 Å². The monoisotopic (exact) mass is 338 g/mol. The Hall–Kier alpha value is -2.46. The molecule has 6 N–H and O–H groups in total. The lowest BCUT2D eigenvalue weighted by atomic mass is 10.2. The fourth-order valence-electron chi connectivity index (χ4n) is 0.766. The first-order valence-corrected chi connectivity index (χ1v) is 6.46. The third kappa shape index (κ3) is 45.1. The Kier molecular flexibility index (Phi) is 21.7. The maximum atomic E-state index is 9.90. The molecule has 0 aliphatic rings. The molecule has 0 fully saturated rings. The van der Waals surface area contributed by atoms with Gasteiger partial charge in [0, 0.05) is 38.2 Å². The van der Waals surface area contributed by atoms with Gasteiger partial charge in [-0.05, 0) is 19.3 Å². The van der Waals surface area contributed by atoms with E-state index in [1.54, 1.807) is 0 Å². The number of hydrogen-bond acceptors (Lipinski definition) is 6. The molecule has 0 aromatic heterocycles. The molecule has 0 rings (SSSR count). The van der Waals surface area contributed by atoms with Crippen molar-refractivity contribution >= 4 is 23.9 Å². The van der Waals surface area contributed by atoms with Gasteiger partial charge >= 0.3 is 23.9 Å². The Labute approximate surface area is 132 Å². The van der Waals surface area contributed by atoms with Crippen LogP contribution >= 0.6 is 0 Å². The van der Waals surface area contributed by atoms with Gasteiger partial charge in [-0.2, -0.15) is 0 Å². The zero-order valence-corrected chi connectivity index (χ0v) is 12.4. The minimum atomic E-state index is -1.26. The Morgan fingerprint density at radius 2 is 0.913 bits per heavy atom. The van der Waals surface area contributed by atoms with Crippen molar-refractivity contribution in [2.75, 3.05) is 13.2 Å². The molecule has 0 heterocycles. The standard InChI is InChI=1S/C6H10O4.C4H4O4.C3H8O2/c7-5(8)3-1-2-4-6(9)10;5-3(6)1-2-4(7)8;4-2-1-3-5/h1-4H2,(H,7,8)(H,9,10);1-2H,(H,5,6)(H,7,8);4-5H,1-3H2/b;2-1+;. The van der Waals surface area contributed by atoms with E-state index in [1.807, 2.05) is 0 Å². The number of carbonyl (C=O) groups is 4. The highest BCUT2D eigenvalue weighted by Crippen LogP contribution is 1.98. The maximum Gasteiger partial charge on any atom is 0.328 e. The van der Waals surface area contributed by atoms with Crippen molar-refractivity contribution in [2.24, 2.45) is 0 Å². The number of rotatable bonds is 9. The summed E-state index contributed by atoms with van der Waals surface area (Å²) < 4.78 is 0. The molecule has 0 unspecified atom stereocenters. The molecular formula is C13H22O10. The van der Waals surface area contributed by atoms with Gasteiger partial charge in [-0.25, -0.2) is 9.59 Å². The van der Waals surface area contributed by atoms with Crippen LogP contribution in [-0.4, -0.2) is 67.7 Å². The molecule has 0 atom stereocenters. The van der Waals surface area contributed by atoms with Crippen LogP contribution in [0.3, 0.4) is 0 Å². The Balaban J connectivity index is -0.000000276. The zero-order valence-electron chi connectivity index (χ0n) is 12.4. The van der Waals surface area contributed by atoms with Crippen LogP contribution in [0.5, 0.6) is 0 Å². The van der Waals surface area contributed by atoms with E-state index < -0.39 is 23.9 Å². The van der Waals surface area contributed by atoms with Crippen LogP contribution in [0.2, 0.25) is 0 Å². The Morgan fingerprint density at radius 1 is 0.609 bits per heavy atom. The minimum Gasteiger partial charge on any atom is -0.481 e. The summed E-state index contributed by atoms with van der Waals surface area (Å²) in [4.78, 5) is 38.9. The van der Waals surface area contributed by atoms with Crippen molar-refractivity contribution in [3.05, 3.63) is 12.2 Å². The molecule has 0 aliphatic heterocycles. The number of carboxylic acids is 4. The number of aliphatic hydroxyl groups excluding tert-OH is 2. The van der Waals surface area contributed by atoms with E-state index in [0.29, 0.717) is 31.4 Å². The molecule has 0 aliphatic carbocycles. The van der Waals surface area contributed by atoms with Crippen LogP contribution in [0, 0.1) is 0 Å². The van der Waals surface area contributed by atoms with Crippen molar-refractivity contribution < 1.29 is 49.8 Å². The number of hydrogen-bond donors (Lipinski definition) is 6. The third-order valence-corrected chi connectivity index (χ3v) is 1.72. The fraction of sp³-hybridized carbons (Fsp3) is 0.538. The second-order valence-corrected chi connectivity index (χ2v) is 3.81. The number of carboxylic acid groups (broad SMARTS) is 4. The smallest absolute Gasteiger partial charge is 0.328 e. The van der Waals surface area contributed by atoms with E-state index in [9.17, 15) is 19.2 Å². The molecular weight excluding hydrogens is 316 g/mol. The van der Waals surface area contributed by atoms with Gasteiger partial charge in [0.15, 0.2) is 0 Å². The normalized spacial score (nSPS) is 9.13. The highest BCUT2D eigenvalue weighted by molar-refractivity contribution is 5.89. The molecule has 0 aromatic carbocycles. The molecule has 0 saturated heterocycles. The maximum absolute atomic E-state index is 9.90. The SMILES string of the molecule is O=C(O)/C=C/C(=O)O.O=C(O)CCCCC(=O)O.OCCCO. The van der Waals surface area contributed by atoms with Crippen LogP contribution in [-0.2, 0) is 19.2 Å². The predicted molar refractivity (Wildman–Crippen MR) is 76.9 cm³/mol. The van der Waals surface area contributed by atoms with E-state index >= 15 is 0 Å². The molecule has 0 saturated carbocycles. The summed E-state index contributed by atoms with van der Waals surface area (Å²) in [5, 5.41) is 47.7. The summed E-state index contributed by atoms with van der Waals surface area (Å²) >= 11 is 0. The largest absolute Gasteiger partial charge is 0.481 e. The molecule has 0 aromatic rings. The molecule has 134 valence electrons. The molecule has 23 heavy (non-hydrogen) atoms. The molecule has 0 spiro atoms. The molecule has 0 radical (unpaired) electrons. The van der Waals surface area contributed by atoms with Gasteiger partial charge < -0.3 is 30.6 Å². The van der Waals surface area contributed by atoms with Gasteiger partial charge in [0.25, 0.3) is 0 Å². The van der Waals surface area contributed by atoms with Gasteiger partial charge in [-0.1, -0.05) is 0 Å². The minimum absolute atomic E-state index is 0.0628. The average Bonchev–Trinajstić information content (AvgIpc) is 2.43. The quantitative estimate of drug-likeness (QED) is 0.242. The fourth-order valence-corrected chi connectivity index (χ4v) is 0.766. The summed E-state index contributed by atoms with van der Waals surface area (Å²) in [5.74, 6) is -4.25. The van der Waals surface area contributed by atoms with Gasteiger partial charge in [0.2, 0.25) is 0 Å². The first-order valence-electron chi connectivity index (χ1n) is 6.46. The van der Waals surface area contributed by atoms with Crippen molar-refractivity contribution in [3.63, 3.8) is 0 Å². The Morgan fingerprint density at radius 3 is 1.04 bits per heavy atom. The lowest BCUT2D eigenvalue weighted by Crippen LogP contribution is -1.97. The predicted octanol–water partition coefficient (Wildman–Crippen LogP) is -0.211. The number of unbranched alkanes of at least 4 members (excludes halogenated alkanes) is 1. The van der Waals surface area contributed by atoms with E-state index in [1.165, 1.54) is 0 Å². The van der Waals surface area contributed by atoms with Gasteiger partial charge in [-0.3, -0.25) is 9.59 Å². The van der Waals surface area contributed by atoms with Crippen molar-refractivity contribution in [1.29, 1.82) is 0 Å². The molecule has 0 amide bonds. The van der Waals surface area contributed by atoms with Crippen LogP contribution < -0.4 is 0 Å². The second-order valence-electron chi connectivity index (χ2n) is 3.81. The van der Waals surface area contributed by atoms with E-state index in [2.05, 4.69) is 0 Å². The van der Waals surface area contributed by atoms with Gasteiger partial charge in [0.05, 0.1) is 0 Å². The summed E-state index contributed by atoms with van der Waals surface area (Å²) in [6, 6.07) is 0. The number of aliphatic carboxylic acids is 4. The first-order chi connectivity index (χ1) is 10.7. The van der Waals surface area contributed by atoms with E-state index in [0.717, 1.165) is 0 Å². The lowest BCUT2D eigenvalue weighted by Gasteiger charge is -1.92. The van der Waals surface area contributed by atoms with Crippen molar-refractivity contribution in [1.82, 2.24) is 0 Å². The van der Waals surface area contributed by atoms with Crippen molar-refractivity contribution in [3.8, 4) is 0 Å². The second kappa shape index (κ2) is 19.5. The molecule has 10 nitrogen and oxygen atoms in total.